The van der Waals surface area contributed by atoms with Crippen molar-refractivity contribution in [2.75, 3.05) is 27.2 Å². The third-order valence-electron chi connectivity index (χ3n) is 2.70. The van der Waals surface area contributed by atoms with Crippen molar-refractivity contribution in [1.29, 1.82) is 0 Å². The number of halogens is 1. The SMILES string of the molecule is CN=C(NCCNC(C)(C)C)N(C)Cc1csc(C)n1.I. The van der Waals surface area contributed by atoms with Gasteiger partial charge in [0.15, 0.2) is 5.96 Å². The lowest BCUT2D eigenvalue weighted by Gasteiger charge is -2.23. The van der Waals surface area contributed by atoms with Gasteiger partial charge in [-0.25, -0.2) is 4.98 Å². The summed E-state index contributed by atoms with van der Waals surface area (Å²) in [6.07, 6.45) is 0. The van der Waals surface area contributed by atoms with Crippen LogP contribution in [0.25, 0.3) is 0 Å². The van der Waals surface area contributed by atoms with E-state index >= 15 is 0 Å². The Balaban J connectivity index is 0.00000400. The van der Waals surface area contributed by atoms with Gasteiger partial charge in [0.25, 0.3) is 0 Å². The molecule has 1 aromatic heterocycles. The average Bonchev–Trinajstić information content (AvgIpc) is 2.73. The first-order valence-electron chi connectivity index (χ1n) is 6.89. The van der Waals surface area contributed by atoms with Gasteiger partial charge >= 0.3 is 0 Å². The van der Waals surface area contributed by atoms with E-state index < -0.39 is 0 Å². The molecule has 0 aliphatic heterocycles. The fourth-order valence-corrected chi connectivity index (χ4v) is 2.40. The van der Waals surface area contributed by atoms with Crippen LogP contribution in [0.5, 0.6) is 0 Å². The van der Waals surface area contributed by atoms with Gasteiger partial charge in [-0.2, -0.15) is 0 Å². The zero-order chi connectivity index (χ0) is 15.2. The monoisotopic (exact) mass is 425 g/mol. The smallest absolute Gasteiger partial charge is 0.193 e. The molecule has 0 aromatic carbocycles. The summed E-state index contributed by atoms with van der Waals surface area (Å²) >= 11 is 1.68. The second-order valence-electron chi connectivity index (χ2n) is 5.86. The highest BCUT2D eigenvalue weighted by Crippen LogP contribution is 2.09. The van der Waals surface area contributed by atoms with E-state index in [4.69, 9.17) is 0 Å². The molecule has 5 nitrogen and oxygen atoms in total. The molecule has 0 aliphatic rings. The van der Waals surface area contributed by atoms with E-state index in [9.17, 15) is 0 Å². The van der Waals surface area contributed by atoms with Crippen LogP contribution in [-0.2, 0) is 6.54 Å². The van der Waals surface area contributed by atoms with Crippen LogP contribution in [0.2, 0.25) is 0 Å². The molecule has 0 aliphatic carbocycles. The van der Waals surface area contributed by atoms with E-state index in [1.165, 1.54) is 0 Å². The summed E-state index contributed by atoms with van der Waals surface area (Å²) in [6, 6.07) is 0. The predicted molar refractivity (Wildman–Crippen MR) is 103 cm³/mol. The molecule has 0 bridgehead atoms. The Kier molecular flexibility index (Phi) is 9.39. The van der Waals surface area contributed by atoms with Crippen LogP contribution < -0.4 is 10.6 Å². The second-order valence-corrected chi connectivity index (χ2v) is 6.93. The summed E-state index contributed by atoms with van der Waals surface area (Å²) in [6.45, 7) is 11.1. The van der Waals surface area contributed by atoms with Gasteiger partial charge in [0.05, 0.1) is 17.2 Å². The number of nitrogens with one attached hydrogen (secondary N) is 2. The van der Waals surface area contributed by atoms with E-state index in [2.05, 4.69) is 51.7 Å². The quantitative estimate of drug-likeness (QED) is 0.330. The Morgan fingerprint density at radius 1 is 1.38 bits per heavy atom. The lowest BCUT2D eigenvalue weighted by molar-refractivity contribution is 0.421. The molecule has 2 N–H and O–H groups in total. The third-order valence-corrected chi connectivity index (χ3v) is 3.52. The molecule has 1 heterocycles. The standard InChI is InChI=1S/C14H27N5S.HI/c1-11-18-12(10-20-11)9-19(6)13(15-5)16-7-8-17-14(2,3)4;/h10,17H,7-9H2,1-6H3,(H,15,16);1H. The van der Waals surface area contributed by atoms with Gasteiger partial charge in [-0.3, -0.25) is 4.99 Å². The minimum atomic E-state index is 0. The minimum absolute atomic E-state index is 0. The maximum Gasteiger partial charge on any atom is 0.193 e. The second kappa shape index (κ2) is 9.58. The minimum Gasteiger partial charge on any atom is -0.355 e. The van der Waals surface area contributed by atoms with E-state index in [1.54, 1.807) is 11.3 Å². The molecule has 0 saturated carbocycles. The number of hydrogen-bond acceptors (Lipinski definition) is 4. The molecule has 1 rings (SSSR count). The molecule has 0 radical (unpaired) electrons. The fourth-order valence-electron chi connectivity index (χ4n) is 1.80. The zero-order valence-corrected chi connectivity index (χ0v) is 17.0. The Morgan fingerprint density at radius 2 is 2.05 bits per heavy atom. The molecular weight excluding hydrogens is 397 g/mol. The van der Waals surface area contributed by atoms with Crippen molar-refractivity contribution in [3.05, 3.63) is 16.1 Å². The van der Waals surface area contributed by atoms with E-state index in [1.807, 2.05) is 21.0 Å². The van der Waals surface area contributed by atoms with Gasteiger partial charge in [-0.1, -0.05) is 0 Å². The molecule has 1 aromatic rings. The van der Waals surface area contributed by atoms with Crippen molar-refractivity contribution in [3.63, 3.8) is 0 Å². The summed E-state index contributed by atoms with van der Waals surface area (Å²) in [5.74, 6) is 0.895. The van der Waals surface area contributed by atoms with Crippen LogP contribution in [0, 0.1) is 6.92 Å². The lowest BCUT2D eigenvalue weighted by atomic mass is 10.1. The number of thiazole rings is 1. The van der Waals surface area contributed by atoms with Crippen molar-refractivity contribution in [1.82, 2.24) is 20.5 Å². The summed E-state index contributed by atoms with van der Waals surface area (Å²) in [5, 5.41) is 10.0. The summed E-state index contributed by atoms with van der Waals surface area (Å²) in [7, 11) is 3.84. The maximum atomic E-state index is 4.48. The van der Waals surface area contributed by atoms with Crippen LogP contribution in [-0.4, -0.2) is 48.6 Å². The number of aryl methyl sites for hydroxylation is 1. The Bertz CT molecular complexity index is 439. The molecule has 0 atom stereocenters. The Morgan fingerprint density at radius 3 is 2.52 bits per heavy atom. The molecule has 122 valence electrons. The van der Waals surface area contributed by atoms with Gasteiger partial charge in [-0.15, -0.1) is 35.3 Å². The number of nitrogens with zero attached hydrogens (tertiary/aromatic N) is 3. The average molecular weight is 425 g/mol. The van der Waals surface area contributed by atoms with Gasteiger partial charge in [0.2, 0.25) is 0 Å². The van der Waals surface area contributed by atoms with Crippen molar-refractivity contribution in [2.24, 2.45) is 4.99 Å². The first-order valence-corrected chi connectivity index (χ1v) is 7.77. The molecule has 0 fully saturated rings. The van der Waals surface area contributed by atoms with Gasteiger partial charge in [0, 0.05) is 38.1 Å². The summed E-state index contributed by atoms with van der Waals surface area (Å²) in [4.78, 5) is 10.9. The van der Waals surface area contributed by atoms with Crippen LogP contribution in [0.1, 0.15) is 31.5 Å². The van der Waals surface area contributed by atoms with E-state index in [0.717, 1.165) is 36.3 Å². The van der Waals surface area contributed by atoms with Crippen LogP contribution >= 0.6 is 35.3 Å². The fraction of sp³-hybridized carbons (Fsp3) is 0.714. The third kappa shape index (κ3) is 8.57. The number of rotatable bonds is 5. The number of guanidine groups is 1. The van der Waals surface area contributed by atoms with Crippen molar-refractivity contribution >= 4 is 41.3 Å². The highest BCUT2D eigenvalue weighted by Gasteiger charge is 2.10. The Labute approximate surface area is 149 Å². The molecule has 0 spiro atoms. The first kappa shape index (κ1) is 20.6. The zero-order valence-electron chi connectivity index (χ0n) is 13.9. The maximum absolute atomic E-state index is 4.48. The van der Waals surface area contributed by atoms with Crippen LogP contribution in [0.15, 0.2) is 10.4 Å². The summed E-state index contributed by atoms with van der Waals surface area (Å²) < 4.78 is 0. The lowest BCUT2D eigenvalue weighted by Crippen LogP contribution is -2.44. The normalized spacial score (nSPS) is 12.0. The highest BCUT2D eigenvalue weighted by atomic mass is 127. The topological polar surface area (TPSA) is 52.6 Å². The number of aliphatic imine (C=N–C) groups is 1. The predicted octanol–water partition coefficient (Wildman–Crippen LogP) is 2.46. The van der Waals surface area contributed by atoms with Crippen molar-refractivity contribution < 1.29 is 0 Å². The highest BCUT2D eigenvalue weighted by molar-refractivity contribution is 14.0. The molecule has 0 saturated heterocycles. The van der Waals surface area contributed by atoms with Crippen molar-refractivity contribution in [2.45, 2.75) is 39.8 Å². The van der Waals surface area contributed by atoms with Crippen LogP contribution in [0.3, 0.4) is 0 Å². The molecular formula is C14H28IN5S. The Hall–Kier alpha value is -0.410. The van der Waals surface area contributed by atoms with Gasteiger partial charge in [-0.05, 0) is 27.7 Å². The molecule has 0 amide bonds. The molecule has 7 heteroatoms. The molecule has 0 unspecified atom stereocenters. The van der Waals surface area contributed by atoms with Crippen LogP contribution in [0.4, 0.5) is 0 Å². The van der Waals surface area contributed by atoms with E-state index in [0.29, 0.717) is 0 Å². The first-order chi connectivity index (χ1) is 9.31. The van der Waals surface area contributed by atoms with Crippen molar-refractivity contribution in [3.8, 4) is 0 Å². The number of hydrogen-bond donors (Lipinski definition) is 2. The molecule has 21 heavy (non-hydrogen) atoms. The largest absolute Gasteiger partial charge is 0.355 e. The summed E-state index contributed by atoms with van der Waals surface area (Å²) in [5.41, 5.74) is 1.24. The van der Waals surface area contributed by atoms with E-state index in [-0.39, 0.29) is 29.5 Å². The number of aromatic nitrogens is 1. The van der Waals surface area contributed by atoms with Gasteiger partial charge in [0.1, 0.15) is 0 Å². The van der Waals surface area contributed by atoms with Gasteiger partial charge < -0.3 is 15.5 Å².